The number of aryl methyl sites for hydroxylation is 1. The molecule has 3 heterocycles. The fourth-order valence-corrected chi connectivity index (χ4v) is 2.64. The zero-order chi connectivity index (χ0) is 15.0. The fourth-order valence-electron chi connectivity index (χ4n) is 2.37. The van der Waals surface area contributed by atoms with Crippen LogP contribution in [-0.2, 0) is 19.5 Å². The number of nitrogens with zero attached hydrogens (tertiary/aromatic N) is 5. The number of halogens is 2. The van der Waals surface area contributed by atoms with Crippen LogP contribution in [0.3, 0.4) is 0 Å². The molecular formula is C13H13Cl2N5O. The summed E-state index contributed by atoms with van der Waals surface area (Å²) in [6.07, 6.45) is 3.44. The molecule has 1 amide bonds. The van der Waals surface area contributed by atoms with Crippen molar-refractivity contribution in [2.45, 2.75) is 25.9 Å². The predicted molar refractivity (Wildman–Crippen MR) is 78.4 cm³/mol. The maximum atomic E-state index is 12.4. The monoisotopic (exact) mass is 325 g/mol. The van der Waals surface area contributed by atoms with E-state index < -0.39 is 0 Å². The maximum Gasteiger partial charge on any atom is 0.255 e. The molecule has 0 N–H and O–H groups in total. The van der Waals surface area contributed by atoms with E-state index >= 15 is 0 Å². The summed E-state index contributed by atoms with van der Waals surface area (Å²) >= 11 is 11.6. The van der Waals surface area contributed by atoms with Gasteiger partial charge >= 0.3 is 0 Å². The fraction of sp³-hybridized carbons (Fsp3) is 0.385. The van der Waals surface area contributed by atoms with E-state index in [1.54, 1.807) is 11.9 Å². The van der Waals surface area contributed by atoms with Crippen molar-refractivity contribution in [2.75, 3.05) is 7.05 Å². The minimum atomic E-state index is -0.184. The molecule has 1 aliphatic rings. The number of hydrogen-bond donors (Lipinski definition) is 0. The Bertz CT molecular complexity index is 700. The van der Waals surface area contributed by atoms with E-state index in [2.05, 4.69) is 19.7 Å². The van der Waals surface area contributed by atoms with E-state index in [-0.39, 0.29) is 16.1 Å². The molecule has 3 rings (SSSR count). The highest BCUT2D eigenvalue weighted by molar-refractivity contribution is 6.41. The Labute approximate surface area is 131 Å². The summed E-state index contributed by atoms with van der Waals surface area (Å²) < 4.78 is 2.07. The lowest BCUT2D eigenvalue weighted by atomic mass is 10.2. The Morgan fingerprint density at radius 2 is 2.24 bits per heavy atom. The first kappa shape index (κ1) is 14.3. The van der Waals surface area contributed by atoms with Gasteiger partial charge in [0.2, 0.25) is 0 Å². The van der Waals surface area contributed by atoms with Gasteiger partial charge in [-0.15, -0.1) is 10.2 Å². The molecule has 21 heavy (non-hydrogen) atoms. The van der Waals surface area contributed by atoms with E-state index in [1.165, 1.54) is 12.3 Å². The number of aromatic nitrogens is 4. The standard InChI is InChI=1S/C13H13Cl2N5O/c1-19(7-11-18-17-10-3-2-4-20(10)11)13(21)8-5-9(14)12(15)16-6-8/h5-6H,2-4,7H2,1H3. The van der Waals surface area contributed by atoms with Crippen LogP contribution in [0.1, 0.15) is 28.4 Å². The van der Waals surface area contributed by atoms with E-state index in [1.807, 2.05) is 0 Å². The van der Waals surface area contributed by atoms with Gasteiger partial charge in [-0.1, -0.05) is 23.2 Å². The van der Waals surface area contributed by atoms with E-state index in [4.69, 9.17) is 23.2 Å². The summed E-state index contributed by atoms with van der Waals surface area (Å²) in [6, 6.07) is 1.52. The summed E-state index contributed by atoms with van der Waals surface area (Å²) in [5, 5.41) is 8.72. The first-order valence-corrected chi connectivity index (χ1v) is 7.29. The second-order valence-corrected chi connectivity index (χ2v) is 5.71. The molecule has 2 aromatic rings. The van der Waals surface area contributed by atoms with Gasteiger partial charge in [-0.3, -0.25) is 4.79 Å². The van der Waals surface area contributed by atoms with Crippen molar-refractivity contribution in [1.29, 1.82) is 0 Å². The number of amides is 1. The van der Waals surface area contributed by atoms with Crippen LogP contribution in [0.2, 0.25) is 10.2 Å². The molecule has 0 saturated heterocycles. The number of hydrogen-bond acceptors (Lipinski definition) is 4. The van der Waals surface area contributed by atoms with Crippen molar-refractivity contribution in [2.24, 2.45) is 0 Å². The van der Waals surface area contributed by atoms with E-state index in [9.17, 15) is 4.79 Å². The molecule has 0 spiro atoms. The van der Waals surface area contributed by atoms with Crippen LogP contribution in [-0.4, -0.2) is 37.6 Å². The molecule has 0 aliphatic carbocycles. The maximum absolute atomic E-state index is 12.4. The Morgan fingerprint density at radius 1 is 1.43 bits per heavy atom. The zero-order valence-corrected chi connectivity index (χ0v) is 12.9. The number of pyridine rings is 1. The number of carbonyl (C=O) groups is 1. The van der Waals surface area contributed by atoms with Crippen LogP contribution in [0.15, 0.2) is 12.3 Å². The first-order valence-electron chi connectivity index (χ1n) is 6.53. The molecule has 0 atom stereocenters. The van der Waals surface area contributed by atoms with E-state index in [0.29, 0.717) is 12.1 Å². The summed E-state index contributed by atoms with van der Waals surface area (Å²) in [6.45, 7) is 1.31. The molecule has 2 aromatic heterocycles. The third-order valence-corrected chi connectivity index (χ3v) is 4.14. The summed E-state index contributed by atoms with van der Waals surface area (Å²) in [5.74, 6) is 1.60. The van der Waals surface area contributed by atoms with Gasteiger partial charge in [-0.25, -0.2) is 4.98 Å². The predicted octanol–water partition coefficient (Wildman–Crippen LogP) is 2.20. The highest BCUT2D eigenvalue weighted by Crippen LogP contribution is 2.21. The number of carbonyl (C=O) groups excluding carboxylic acids is 1. The summed E-state index contributed by atoms with van der Waals surface area (Å²) in [7, 11) is 1.71. The van der Waals surface area contributed by atoms with Crippen LogP contribution in [0.5, 0.6) is 0 Å². The van der Waals surface area contributed by atoms with E-state index in [0.717, 1.165) is 31.0 Å². The largest absolute Gasteiger partial charge is 0.334 e. The quantitative estimate of drug-likeness (QED) is 0.811. The Kier molecular flexibility index (Phi) is 3.82. The van der Waals surface area contributed by atoms with Gasteiger partial charge in [0.1, 0.15) is 11.0 Å². The molecule has 8 heteroatoms. The number of rotatable bonds is 3. The normalized spacial score (nSPS) is 13.3. The van der Waals surface area contributed by atoms with Crippen molar-refractivity contribution in [1.82, 2.24) is 24.6 Å². The van der Waals surface area contributed by atoms with Gasteiger partial charge in [-0.2, -0.15) is 0 Å². The highest BCUT2D eigenvalue weighted by atomic mass is 35.5. The van der Waals surface area contributed by atoms with Crippen LogP contribution in [0, 0.1) is 0 Å². The van der Waals surface area contributed by atoms with Crippen LogP contribution in [0.25, 0.3) is 0 Å². The van der Waals surface area contributed by atoms with Gasteiger partial charge in [0.05, 0.1) is 17.1 Å². The minimum Gasteiger partial charge on any atom is -0.334 e. The highest BCUT2D eigenvalue weighted by Gasteiger charge is 2.21. The Hall–Kier alpha value is -1.66. The third-order valence-electron chi connectivity index (χ3n) is 3.45. The van der Waals surface area contributed by atoms with Crippen LogP contribution < -0.4 is 0 Å². The lowest BCUT2D eigenvalue weighted by Crippen LogP contribution is -2.27. The molecule has 6 nitrogen and oxygen atoms in total. The van der Waals surface area contributed by atoms with Crippen molar-refractivity contribution < 1.29 is 4.79 Å². The Morgan fingerprint density at radius 3 is 3.00 bits per heavy atom. The average Bonchev–Trinajstić information content (AvgIpc) is 3.06. The third kappa shape index (κ3) is 2.73. The SMILES string of the molecule is CN(Cc1nnc2n1CCC2)C(=O)c1cnc(Cl)c(Cl)c1. The topological polar surface area (TPSA) is 63.9 Å². The van der Waals surface area contributed by atoms with Gasteiger partial charge in [-0.05, 0) is 12.5 Å². The molecule has 0 fully saturated rings. The molecule has 0 unspecified atom stereocenters. The summed E-state index contributed by atoms with van der Waals surface area (Å²) in [5.41, 5.74) is 0.396. The molecule has 0 radical (unpaired) electrons. The lowest BCUT2D eigenvalue weighted by molar-refractivity contribution is 0.0779. The second-order valence-electron chi connectivity index (χ2n) is 4.95. The number of fused-ring (bicyclic) bond motifs is 1. The van der Waals surface area contributed by atoms with Crippen molar-refractivity contribution in [3.63, 3.8) is 0 Å². The molecule has 0 aromatic carbocycles. The molecule has 0 saturated carbocycles. The summed E-state index contributed by atoms with van der Waals surface area (Å²) in [4.78, 5) is 17.8. The van der Waals surface area contributed by atoms with Crippen molar-refractivity contribution >= 4 is 29.1 Å². The van der Waals surface area contributed by atoms with Crippen molar-refractivity contribution in [3.05, 3.63) is 39.7 Å². The van der Waals surface area contributed by atoms with Crippen LogP contribution in [0.4, 0.5) is 0 Å². The molecule has 0 bridgehead atoms. The average molecular weight is 326 g/mol. The smallest absolute Gasteiger partial charge is 0.255 e. The molecule has 110 valence electrons. The van der Waals surface area contributed by atoms with Gasteiger partial charge in [0, 0.05) is 26.2 Å². The Balaban J connectivity index is 1.76. The zero-order valence-electron chi connectivity index (χ0n) is 11.4. The molecule has 1 aliphatic heterocycles. The van der Waals surface area contributed by atoms with Crippen molar-refractivity contribution in [3.8, 4) is 0 Å². The van der Waals surface area contributed by atoms with Gasteiger partial charge < -0.3 is 9.47 Å². The second kappa shape index (κ2) is 5.61. The van der Waals surface area contributed by atoms with Gasteiger partial charge in [0.15, 0.2) is 5.82 Å². The lowest BCUT2D eigenvalue weighted by Gasteiger charge is -2.17. The molecular weight excluding hydrogens is 313 g/mol. The van der Waals surface area contributed by atoms with Crippen LogP contribution >= 0.6 is 23.2 Å². The first-order chi connectivity index (χ1) is 10.1. The van der Waals surface area contributed by atoms with Gasteiger partial charge in [0.25, 0.3) is 5.91 Å². The minimum absolute atomic E-state index is 0.184.